The Hall–Kier alpha value is -0.660. The van der Waals surface area contributed by atoms with Gasteiger partial charge in [-0.25, -0.2) is 0 Å². The number of nitrogens with zero attached hydrogens (tertiary/aromatic N) is 2. The van der Waals surface area contributed by atoms with Crippen molar-refractivity contribution in [1.82, 2.24) is 0 Å². The van der Waals surface area contributed by atoms with Gasteiger partial charge in [0.2, 0.25) is 0 Å². The van der Waals surface area contributed by atoms with Gasteiger partial charge in [-0.3, -0.25) is 0 Å². The van der Waals surface area contributed by atoms with E-state index >= 15 is 0 Å². The van der Waals surface area contributed by atoms with Crippen LogP contribution in [-0.2, 0) is 0 Å². The van der Waals surface area contributed by atoms with E-state index in [4.69, 9.17) is 0 Å². The summed E-state index contributed by atoms with van der Waals surface area (Å²) in [6, 6.07) is 0. The topological polar surface area (TPSA) is 24.7 Å². The smallest absolute Gasteiger partial charge is 0.0587 e. The van der Waals surface area contributed by atoms with Gasteiger partial charge in [0.05, 0.1) is 12.2 Å². The van der Waals surface area contributed by atoms with Crippen molar-refractivity contribution in [1.29, 1.82) is 0 Å². The van der Waals surface area contributed by atoms with E-state index in [1.54, 1.807) is 0 Å². The van der Waals surface area contributed by atoms with Crippen molar-refractivity contribution >= 4 is 0 Å². The van der Waals surface area contributed by atoms with Crippen molar-refractivity contribution in [2.75, 3.05) is 6.54 Å². The second-order valence-electron chi connectivity index (χ2n) is 2.98. The first-order valence-electron chi connectivity index (χ1n) is 4.14. The van der Waals surface area contributed by atoms with Crippen molar-refractivity contribution in [2.45, 2.75) is 34.6 Å². The van der Waals surface area contributed by atoms with Gasteiger partial charge < -0.3 is 0 Å². The normalized spacial score (nSPS) is 14.4. The zero-order valence-electron chi connectivity index (χ0n) is 8.18. The monoisotopic (exact) mass is 154 g/mol. The van der Waals surface area contributed by atoms with Crippen LogP contribution in [0, 0.1) is 5.92 Å². The molecule has 0 aliphatic heterocycles. The van der Waals surface area contributed by atoms with Gasteiger partial charge in [0, 0.05) is 0 Å². The van der Waals surface area contributed by atoms with Gasteiger partial charge in [-0.1, -0.05) is 13.8 Å². The lowest BCUT2D eigenvalue weighted by Gasteiger charge is -2.05. The Labute approximate surface area is 69.4 Å². The number of azo groups is 1. The lowest BCUT2D eigenvalue weighted by atomic mass is 10.0. The summed E-state index contributed by atoms with van der Waals surface area (Å²) in [6.45, 7) is 11.2. The zero-order valence-corrected chi connectivity index (χ0v) is 8.18. The molecule has 0 atom stereocenters. The van der Waals surface area contributed by atoms with Gasteiger partial charge in [0.1, 0.15) is 0 Å². The fraction of sp³-hybridized carbons (Fsp3) is 0.778. The van der Waals surface area contributed by atoms with E-state index in [0.29, 0.717) is 5.92 Å². The quantitative estimate of drug-likeness (QED) is 0.556. The third kappa shape index (κ3) is 3.91. The maximum atomic E-state index is 4.07. The molecular weight excluding hydrogens is 136 g/mol. The Morgan fingerprint density at radius 1 is 1.27 bits per heavy atom. The van der Waals surface area contributed by atoms with Gasteiger partial charge in [-0.05, 0) is 32.3 Å². The molecule has 11 heavy (non-hydrogen) atoms. The molecule has 0 aromatic carbocycles. The SMILES string of the molecule is CCN=N/C(C)=C(\C)C(C)C. The third-order valence-corrected chi connectivity index (χ3v) is 1.80. The van der Waals surface area contributed by atoms with Crippen LogP contribution in [0.1, 0.15) is 34.6 Å². The molecule has 0 unspecified atom stereocenters. The Morgan fingerprint density at radius 3 is 2.18 bits per heavy atom. The lowest BCUT2D eigenvalue weighted by Crippen LogP contribution is -1.91. The summed E-state index contributed by atoms with van der Waals surface area (Å²) in [4.78, 5) is 0. The van der Waals surface area contributed by atoms with Gasteiger partial charge in [0.15, 0.2) is 0 Å². The summed E-state index contributed by atoms with van der Waals surface area (Å²) in [5, 5.41) is 8.01. The molecule has 2 nitrogen and oxygen atoms in total. The van der Waals surface area contributed by atoms with Crippen LogP contribution < -0.4 is 0 Å². The van der Waals surface area contributed by atoms with Crippen molar-refractivity contribution in [3.05, 3.63) is 11.3 Å². The molecule has 2 heteroatoms. The fourth-order valence-corrected chi connectivity index (χ4v) is 0.673. The molecule has 64 valence electrons. The number of allylic oxidation sites excluding steroid dienone is 2. The molecule has 0 aliphatic rings. The van der Waals surface area contributed by atoms with Crippen LogP contribution in [0.2, 0.25) is 0 Å². The minimum atomic E-state index is 0.575. The average Bonchev–Trinajstić information content (AvgIpc) is 1.98. The molecule has 0 rings (SSSR count). The van der Waals surface area contributed by atoms with Gasteiger partial charge in [-0.2, -0.15) is 10.2 Å². The van der Waals surface area contributed by atoms with Crippen LogP contribution in [0.5, 0.6) is 0 Å². The molecule has 0 N–H and O–H groups in total. The molecule has 0 radical (unpaired) electrons. The Balaban J connectivity index is 4.27. The summed E-state index contributed by atoms with van der Waals surface area (Å²) in [5.74, 6) is 0.575. The van der Waals surface area contributed by atoms with E-state index in [1.165, 1.54) is 5.57 Å². The summed E-state index contributed by atoms with van der Waals surface area (Å²) in [7, 11) is 0. The van der Waals surface area contributed by atoms with Gasteiger partial charge in [-0.15, -0.1) is 0 Å². The zero-order chi connectivity index (χ0) is 8.85. The van der Waals surface area contributed by atoms with E-state index in [0.717, 1.165) is 12.2 Å². The fourth-order valence-electron chi connectivity index (χ4n) is 0.673. The molecule has 0 bridgehead atoms. The Bertz CT molecular complexity index is 166. The average molecular weight is 154 g/mol. The first-order chi connectivity index (χ1) is 5.09. The highest BCUT2D eigenvalue weighted by Gasteiger charge is 1.99. The predicted octanol–water partition coefficient (Wildman–Crippen LogP) is 3.41. The Morgan fingerprint density at radius 2 is 1.82 bits per heavy atom. The third-order valence-electron chi connectivity index (χ3n) is 1.80. The van der Waals surface area contributed by atoms with Crippen LogP contribution >= 0.6 is 0 Å². The number of hydrogen-bond donors (Lipinski definition) is 0. The van der Waals surface area contributed by atoms with Gasteiger partial charge in [0.25, 0.3) is 0 Å². The van der Waals surface area contributed by atoms with Crippen LogP contribution in [-0.4, -0.2) is 6.54 Å². The largest absolute Gasteiger partial charge is 0.189 e. The standard InChI is InChI=1S/C9H18N2/c1-6-10-11-9(5)8(4)7(2)3/h7H,6H2,1-5H3/b9-8+,11-10?. The van der Waals surface area contributed by atoms with Crippen LogP contribution in [0.3, 0.4) is 0 Å². The summed E-state index contributed by atoms with van der Waals surface area (Å²) >= 11 is 0. The summed E-state index contributed by atoms with van der Waals surface area (Å²) in [6.07, 6.45) is 0. The van der Waals surface area contributed by atoms with E-state index in [1.807, 2.05) is 13.8 Å². The molecule has 0 fully saturated rings. The van der Waals surface area contributed by atoms with Crippen LogP contribution in [0.4, 0.5) is 0 Å². The molecule has 0 saturated heterocycles. The van der Waals surface area contributed by atoms with E-state index in [-0.39, 0.29) is 0 Å². The van der Waals surface area contributed by atoms with Gasteiger partial charge >= 0.3 is 0 Å². The molecule has 0 aromatic heterocycles. The molecule has 0 spiro atoms. The highest BCUT2D eigenvalue weighted by atomic mass is 15.1. The van der Waals surface area contributed by atoms with E-state index < -0.39 is 0 Å². The lowest BCUT2D eigenvalue weighted by molar-refractivity contribution is 0.748. The van der Waals surface area contributed by atoms with Crippen molar-refractivity contribution in [3.63, 3.8) is 0 Å². The number of rotatable bonds is 3. The summed E-state index contributed by atoms with van der Waals surface area (Å²) in [5.41, 5.74) is 2.38. The molecule has 0 amide bonds. The van der Waals surface area contributed by atoms with E-state index in [9.17, 15) is 0 Å². The highest BCUT2D eigenvalue weighted by Crippen LogP contribution is 2.14. The van der Waals surface area contributed by atoms with Crippen molar-refractivity contribution in [3.8, 4) is 0 Å². The first kappa shape index (κ1) is 10.3. The molecule has 0 saturated carbocycles. The van der Waals surface area contributed by atoms with E-state index in [2.05, 4.69) is 31.0 Å². The molecule has 0 aliphatic carbocycles. The highest BCUT2D eigenvalue weighted by molar-refractivity contribution is 5.09. The number of hydrogen-bond acceptors (Lipinski definition) is 2. The first-order valence-corrected chi connectivity index (χ1v) is 4.14. The second-order valence-corrected chi connectivity index (χ2v) is 2.98. The predicted molar refractivity (Wildman–Crippen MR) is 48.6 cm³/mol. The van der Waals surface area contributed by atoms with Crippen molar-refractivity contribution < 1.29 is 0 Å². The second kappa shape index (κ2) is 5.05. The minimum absolute atomic E-state index is 0.575. The summed E-state index contributed by atoms with van der Waals surface area (Å²) < 4.78 is 0. The van der Waals surface area contributed by atoms with Crippen molar-refractivity contribution in [2.24, 2.45) is 16.1 Å². The molecule has 0 heterocycles. The minimum Gasteiger partial charge on any atom is -0.189 e. The maximum absolute atomic E-state index is 4.07. The maximum Gasteiger partial charge on any atom is 0.0587 e. The van der Waals surface area contributed by atoms with Crippen LogP contribution in [0.15, 0.2) is 21.5 Å². The van der Waals surface area contributed by atoms with Crippen LogP contribution in [0.25, 0.3) is 0 Å². The molecule has 0 aromatic rings. The Kier molecular flexibility index (Phi) is 4.75. The molecular formula is C9H18N2.